The minimum atomic E-state index is -0.108. The molecule has 0 fully saturated rings. The molecule has 2 aromatic heterocycles. The molecule has 152 valence electrons. The van der Waals surface area contributed by atoms with Crippen LogP contribution in [0.1, 0.15) is 44.1 Å². The van der Waals surface area contributed by atoms with Crippen LogP contribution in [0.25, 0.3) is 0 Å². The van der Waals surface area contributed by atoms with Crippen molar-refractivity contribution in [2.75, 3.05) is 13.1 Å². The summed E-state index contributed by atoms with van der Waals surface area (Å²) in [6, 6.07) is 7.59. The fraction of sp³-hybridized carbons (Fsp3) is 0.455. The molecule has 0 radical (unpaired) electrons. The van der Waals surface area contributed by atoms with Crippen molar-refractivity contribution in [1.29, 1.82) is 0 Å². The quantitative estimate of drug-likeness (QED) is 0.413. The molecule has 28 heavy (non-hydrogen) atoms. The van der Waals surface area contributed by atoms with Gasteiger partial charge in [0.05, 0.1) is 19.4 Å². The molecule has 0 aliphatic carbocycles. The molecule has 0 aromatic carbocycles. The van der Waals surface area contributed by atoms with Crippen molar-refractivity contribution in [1.82, 2.24) is 14.4 Å². The van der Waals surface area contributed by atoms with Gasteiger partial charge in [0.25, 0.3) is 0 Å². The standard InChI is InChI=1S/C22H31N3O3/c1-4-6-7-12-21(26)24(13-5-2)18-22(27)25(17-20-11-9-15-28-20)16-19-10-8-14-23(19)3/h5,8-11,14-15H,2,4,6-7,12-13,16-18H2,1,3H3. The van der Waals surface area contributed by atoms with E-state index in [9.17, 15) is 9.59 Å². The van der Waals surface area contributed by atoms with Crippen LogP contribution in [-0.2, 0) is 29.7 Å². The van der Waals surface area contributed by atoms with Gasteiger partial charge in [0.2, 0.25) is 11.8 Å². The number of carbonyl (C=O) groups excluding carboxylic acids is 2. The molecule has 2 aromatic rings. The van der Waals surface area contributed by atoms with Gasteiger partial charge in [-0.1, -0.05) is 25.8 Å². The Hall–Kier alpha value is -2.76. The number of hydrogen-bond donors (Lipinski definition) is 0. The van der Waals surface area contributed by atoms with E-state index in [1.165, 1.54) is 0 Å². The third kappa shape index (κ3) is 6.44. The molecule has 2 heterocycles. The number of aromatic nitrogens is 1. The molecule has 0 N–H and O–H groups in total. The molecule has 0 saturated carbocycles. The van der Waals surface area contributed by atoms with Crippen LogP contribution in [-0.4, -0.2) is 39.3 Å². The van der Waals surface area contributed by atoms with Gasteiger partial charge in [-0.05, 0) is 30.7 Å². The molecular weight excluding hydrogens is 354 g/mol. The fourth-order valence-electron chi connectivity index (χ4n) is 3.04. The Balaban J connectivity index is 2.08. The van der Waals surface area contributed by atoms with E-state index in [2.05, 4.69) is 13.5 Å². The number of furan rings is 1. The molecule has 0 atom stereocenters. The van der Waals surface area contributed by atoms with Crippen LogP contribution in [0.15, 0.2) is 53.8 Å². The number of hydrogen-bond acceptors (Lipinski definition) is 3. The van der Waals surface area contributed by atoms with Gasteiger partial charge in [0.1, 0.15) is 12.3 Å². The van der Waals surface area contributed by atoms with Gasteiger partial charge in [-0.2, -0.15) is 0 Å². The molecular formula is C22H31N3O3. The Labute approximate surface area is 167 Å². The number of rotatable bonds is 12. The minimum Gasteiger partial charge on any atom is -0.467 e. The third-order valence-electron chi connectivity index (χ3n) is 4.71. The van der Waals surface area contributed by atoms with Crippen LogP contribution >= 0.6 is 0 Å². The van der Waals surface area contributed by atoms with E-state index < -0.39 is 0 Å². The van der Waals surface area contributed by atoms with Crippen molar-refractivity contribution in [2.24, 2.45) is 7.05 Å². The summed E-state index contributed by atoms with van der Waals surface area (Å²) in [4.78, 5) is 28.9. The number of carbonyl (C=O) groups is 2. The zero-order valence-electron chi connectivity index (χ0n) is 17.0. The lowest BCUT2D eigenvalue weighted by Crippen LogP contribution is -2.42. The van der Waals surface area contributed by atoms with E-state index in [0.29, 0.717) is 31.8 Å². The zero-order valence-corrected chi connectivity index (χ0v) is 17.0. The maximum absolute atomic E-state index is 13.1. The summed E-state index contributed by atoms with van der Waals surface area (Å²) in [5.41, 5.74) is 1.02. The summed E-state index contributed by atoms with van der Waals surface area (Å²) in [5, 5.41) is 0. The van der Waals surface area contributed by atoms with Gasteiger partial charge < -0.3 is 18.8 Å². The summed E-state index contributed by atoms with van der Waals surface area (Å²) in [6.45, 7) is 7.06. The Morgan fingerprint density at radius 3 is 2.57 bits per heavy atom. The van der Waals surface area contributed by atoms with Crippen LogP contribution in [0.4, 0.5) is 0 Å². The Morgan fingerprint density at radius 1 is 1.14 bits per heavy atom. The first kappa shape index (κ1) is 21.5. The van der Waals surface area contributed by atoms with Crippen molar-refractivity contribution < 1.29 is 14.0 Å². The number of amides is 2. The first-order valence-corrected chi connectivity index (χ1v) is 9.84. The van der Waals surface area contributed by atoms with Crippen LogP contribution in [0.2, 0.25) is 0 Å². The van der Waals surface area contributed by atoms with Gasteiger partial charge in [0.15, 0.2) is 0 Å². The van der Waals surface area contributed by atoms with Crippen LogP contribution in [0.3, 0.4) is 0 Å². The first-order chi connectivity index (χ1) is 13.5. The van der Waals surface area contributed by atoms with E-state index in [-0.39, 0.29) is 18.4 Å². The molecule has 0 aliphatic rings. The second-order valence-electron chi connectivity index (χ2n) is 6.96. The molecule has 0 aliphatic heterocycles. The van der Waals surface area contributed by atoms with Crippen molar-refractivity contribution >= 4 is 11.8 Å². The lowest BCUT2D eigenvalue weighted by molar-refractivity contribution is -0.141. The maximum atomic E-state index is 13.1. The van der Waals surface area contributed by atoms with E-state index in [4.69, 9.17) is 4.42 Å². The third-order valence-corrected chi connectivity index (χ3v) is 4.71. The van der Waals surface area contributed by atoms with Crippen molar-refractivity contribution in [3.8, 4) is 0 Å². The highest BCUT2D eigenvalue weighted by Gasteiger charge is 2.22. The van der Waals surface area contributed by atoms with Gasteiger partial charge in [-0.25, -0.2) is 0 Å². The van der Waals surface area contributed by atoms with E-state index in [1.54, 1.807) is 22.1 Å². The van der Waals surface area contributed by atoms with Crippen LogP contribution < -0.4 is 0 Å². The van der Waals surface area contributed by atoms with Crippen LogP contribution in [0.5, 0.6) is 0 Å². The largest absolute Gasteiger partial charge is 0.467 e. The van der Waals surface area contributed by atoms with E-state index in [0.717, 1.165) is 25.0 Å². The number of aryl methyl sites for hydroxylation is 1. The van der Waals surface area contributed by atoms with Gasteiger partial charge >= 0.3 is 0 Å². The molecule has 6 nitrogen and oxygen atoms in total. The highest BCUT2D eigenvalue weighted by Crippen LogP contribution is 2.13. The van der Waals surface area contributed by atoms with Crippen molar-refractivity contribution in [2.45, 2.75) is 45.7 Å². The fourth-order valence-corrected chi connectivity index (χ4v) is 3.04. The van der Waals surface area contributed by atoms with Gasteiger partial charge in [0, 0.05) is 31.9 Å². The maximum Gasteiger partial charge on any atom is 0.242 e. The summed E-state index contributed by atoms with van der Waals surface area (Å²) in [6.07, 6.45) is 8.59. The van der Waals surface area contributed by atoms with Crippen molar-refractivity contribution in [3.63, 3.8) is 0 Å². The predicted molar refractivity (Wildman–Crippen MR) is 109 cm³/mol. The zero-order chi connectivity index (χ0) is 20.4. The van der Waals surface area contributed by atoms with Crippen LogP contribution in [0, 0.1) is 0 Å². The number of nitrogens with zero attached hydrogens (tertiary/aromatic N) is 3. The molecule has 2 amide bonds. The second kappa shape index (κ2) is 11.2. The molecule has 0 saturated heterocycles. The summed E-state index contributed by atoms with van der Waals surface area (Å²) >= 11 is 0. The predicted octanol–water partition coefficient (Wildman–Crippen LogP) is 3.74. The van der Waals surface area contributed by atoms with E-state index >= 15 is 0 Å². The Bertz CT molecular complexity index is 749. The Morgan fingerprint density at radius 2 is 1.96 bits per heavy atom. The molecule has 0 spiro atoms. The second-order valence-corrected chi connectivity index (χ2v) is 6.96. The molecule has 0 bridgehead atoms. The smallest absolute Gasteiger partial charge is 0.242 e. The molecule has 2 rings (SSSR count). The normalized spacial score (nSPS) is 10.6. The first-order valence-electron chi connectivity index (χ1n) is 9.84. The van der Waals surface area contributed by atoms with Gasteiger partial charge in [-0.15, -0.1) is 6.58 Å². The minimum absolute atomic E-state index is 0.00137. The summed E-state index contributed by atoms with van der Waals surface area (Å²) in [5.74, 6) is 0.605. The topological polar surface area (TPSA) is 58.7 Å². The molecule has 6 heteroatoms. The monoisotopic (exact) mass is 385 g/mol. The Kier molecular flexibility index (Phi) is 8.59. The average Bonchev–Trinajstić information content (AvgIpc) is 3.33. The lowest BCUT2D eigenvalue weighted by Gasteiger charge is -2.27. The van der Waals surface area contributed by atoms with Crippen molar-refractivity contribution in [3.05, 3.63) is 60.8 Å². The average molecular weight is 386 g/mol. The molecule has 0 unspecified atom stereocenters. The van der Waals surface area contributed by atoms with E-state index in [1.807, 2.05) is 42.1 Å². The number of unbranched alkanes of at least 4 members (excludes halogenated alkanes) is 2. The SMILES string of the molecule is C=CCN(CC(=O)N(Cc1ccco1)Cc1cccn1C)C(=O)CCCCC. The summed E-state index contributed by atoms with van der Waals surface area (Å²) < 4.78 is 7.42. The highest BCUT2D eigenvalue weighted by atomic mass is 16.3. The van der Waals surface area contributed by atoms with Gasteiger partial charge in [-0.3, -0.25) is 9.59 Å². The highest BCUT2D eigenvalue weighted by molar-refractivity contribution is 5.85. The summed E-state index contributed by atoms with van der Waals surface area (Å²) in [7, 11) is 1.95. The lowest BCUT2D eigenvalue weighted by atomic mass is 10.2.